The van der Waals surface area contributed by atoms with Gasteiger partial charge in [0.1, 0.15) is 11.9 Å². The van der Waals surface area contributed by atoms with Crippen molar-refractivity contribution in [3.8, 4) is 6.07 Å². The Morgan fingerprint density at radius 2 is 2.03 bits per heavy atom. The number of likely N-dealkylation sites (tertiary alicyclic amines) is 1. The summed E-state index contributed by atoms with van der Waals surface area (Å²) in [6, 6.07) is 7.86. The number of aliphatic carboxylic acids is 1. The Balaban J connectivity index is 1.20. The molecule has 5 rings (SSSR count). The highest BCUT2D eigenvalue weighted by Crippen LogP contribution is 2.45. The maximum Gasteiger partial charge on any atom is 0.309 e. The molecular formula is C27H32Cl2N6O2. The van der Waals surface area contributed by atoms with E-state index in [-0.39, 0.29) is 6.04 Å². The minimum Gasteiger partial charge on any atom is -0.481 e. The Morgan fingerprint density at radius 1 is 1.27 bits per heavy atom. The van der Waals surface area contributed by atoms with E-state index in [1.165, 1.54) is 6.42 Å². The van der Waals surface area contributed by atoms with Crippen LogP contribution in [-0.2, 0) is 4.79 Å². The number of nitriles is 1. The summed E-state index contributed by atoms with van der Waals surface area (Å²) in [6.07, 6.45) is 5.41. The van der Waals surface area contributed by atoms with E-state index in [9.17, 15) is 15.2 Å². The van der Waals surface area contributed by atoms with Crippen LogP contribution in [0.1, 0.15) is 56.8 Å². The lowest BCUT2D eigenvalue weighted by atomic mass is 9.65. The number of nitrogens with one attached hydrogen (secondary N) is 1. The van der Waals surface area contributed by atoms with Gasteiger partial charge >= 0.3 is 5.97 Å². The number of carboxylic acids is 1. The molecule has 37 heavy (non-hydrogen) atoms. The molecule has 2 atom stereocenters. The number of rotatable bonds is 7. The third kappa shape index (κ3) is 5.22. The summed E-state index contributed by atoms with van der Waals surface area (Å²) in [6.45, 7) is 7.63. The van der Waals surface area contributed by atoms with Crippen molar-refractivity contribution in [3.63, 3.8) is 0 Å². The van der Waals surface area contributed by atoms with Crippen LogP contribution in [0, 0.1) is 28.6 Å². The minimum absolute atomic E-state index is 0.119. The molecule has 1 aliphatic carbocycles. The fraction of sp³-hybridized carbons (Fsp3) is 0.556. The van der Waals surface area contributed by atoms with Gasteiger partial charge in [-0.05, 0) is 75.6 Å². The second-order valence-corrected chi connectivity index (χ2v) is 11.9. The average molecular weight is 543 g/mol. The van der Waals surface area contributed by atoms with E-state index in [2.05, 4.69) is 26.2 Å². The first-order valence-corrected chi connectivity index (χ1v) is 13.6. The highest BCUT2D eigenvalue weighted by molar-refractivity contribution is 6.35. The van der Waals surface area contributed by atoms with Crippen molar-refractivity contribution in [1.29, 1.82) is 5.26 Å². The van der Waals surface area contributed by atoms with Crippen LogP contribution in [0.2, 0.25) is 10.0 Å². The molecule has 10 heteroatoms. The molecule has 1 saturated carbocycles. The topological polar surface area (TPSA) is 105 Å². The van der Waals surface area contributed by atoms with E-state index in [1.54, 1.807) is 18.3 Å². The second kappa shape index (κ2) is 10.3. The molecule has 2 N–H and O–H groups in total. The van der Waals surface area contributed by atoms with Gasteiger partial charge in [-0.1, -0.05) is 29.3 Å². The van der Waals surface area contributed by atoms with E-state index in [0.717, 1.165) is 51.0 Å². The molecule has 3 aliphatic rings. The molecule has 8 nitrogen and oxygen atoms in total. The maximum absolute atomic E-state index is 11.5. The molecule has 2 saturated heterocycles. The Bertz CT molecular complexity index is 1220. The largest absolute Gasteiger partial charge is 0.481 e. The van der Waals surface area contributed by atoms with Crippen LogP contribution in [0.4, 0.5) is 11.6 Å². The van der Waals surface area contributed by atoms with Crippen molar-refractivity contribution in [3.05, 3.63) is 45.7 Å². The third-order valence-electron chi connectivity index (χ3n) is 8.42. The molecule has 3 heterocycles. The predicted molar refractivity (Wildman–Crippen MR) is 144 cm³/mol. The summed E-state index contributed by atoms with van der Waals surface area (Å²) >= 11 is 12.4. The maximum atomic E-state index is 11.5. The first kappa shape index (κ1) is 26.0. The van der Waals surface area contributed by atoms with Crippen molar-refractivity contribution in [2.24, 2.45) is 17.3 Å². The monoisotopic (exact) mass is 542 g/mol. The number of hydrogen-bond acceptors (Lipinski definition) is 7. The second-order valence-electron chi connectivity index (χ2n) is 11.1. The van der Waals surface area contributed by atoms with Gasteiger partial charge in [0, 0.05) is 35.7 Å². The van der Waals surface area contributed by atoms with Gasteiger partial charge in [-0.2, -0.15) is 5.26 Å². The fourth-order valence-corrected chi connectivity index (χ4v) is 6.63. The molecule has 0 spiro atoms. The average Bonchev–Trinajstić information content (AvgIpc) is 2.81. The molecular weight excluding hydrogens is 511 g/mol. The van der Waals surface area contributed by atoms with E-state index < -0.39 is 11.4 Å². The summed E-state index contributed by atoms with van der Waals surface area (Å²) in [7, 11) is 0. The first-order valence-electron chi connectivity index (χ1n) is 12.9. The van der Waals surface area contributed by atoms with Gasteiger partial charge in [0.15, 0.2) is 11.5 Å². The van der Waals surface area contributed by atoms with Crippen LogP contribution in [0.5, 0.6) is 0 Å². The Kier molecular flexibility index (Phi) is 7.23. The van der Waals surface area contributed by atoms with Crippen molar-refractivity contribution < 1.29 is 9.90 Å². The highest BCUT2D eigenvalue weighted by Gasteiger charge is 2.49. The molecule has 3 fully saturated rings. The summed E-state index contributed by atoms with van der Waals surface area (Å²) in [5, 5.41) is 23.6. The normalized spacial score (nSPS) is 27.1. The van der Waals surface area contributed by atoms with Crippen LogP contribution >= 0.6 is 23.2 Å². The van der Waals surface area contributed by atoms with E-state index in [0.29, 0.717) is 45.3 Å². The number of halogens is 2. The smallest absolute Gasteiger partial charge is 0.309 e. The van der Waals surface area contributed by atoms with Gasteiger partial charge in [0.25, 0.3) is 0 Å². The molecule has 196 valence electrons. The number of piperidine rings is 1. The predicted octanol–water partition coefficient (Wildman–Crippen LogP) is 5.23. The van der Waals surface area contributed by atoms with Crippen molar-refractivity contribution >= 4 is 40.8 Å². The molecule has 0 amide bonds. The van der Waals surface area contributed by atoms with Gasteiger partial charge in [0.2, 0.25) is 0 Å². The quantitative estimate of drug-likeness (QED) is 0.489. The van der Waals surface area contributed by atoms with Crippen LogP contribution in [0.3, 0.4) is 0 Å². The van der Waals surface area contributed by atoms with Crippen LogP contribution in [0.25, 0.3) is 0 Å². The van der Waals surface area contributed by atoms with Gasteiger partial charge in [-0.15, -0.1) is 0 Å². The van der Waals surface area contributed by atoms with Crippen molar-refractivity contribution in [2.75, 3.05) is 36.4 Å². The molecule has 0 bridgehead atoms. The van der Waals surface area contributed by atoms with Crippen LogP contribution < -0.4 is 10.2 Å². The van der Waals surface area contributed by atoms with Crippen molar-refractivity contribution in [2.45, 2.75) is 51.6 Å². The Morgan fingerprint density at radius 3 is 2.70 bits per heavy atom. The van der Waals surface area contributed by atoms with E-state index >= 15 is 0 Å². The lowest BCUT2D eigenvalue weighted by Crippen LogP contribution is -2.58. The van der Waals surface area contributed by atoms with E-state index in [1.807, 2.05) is 19.9 Å². The van der Waals surface area contributed by atoms with E-state index in [4.69, 9.17) is 28.2 Å². The fourth-order valence-electron chi connectivity index (χ4n) is 6.05. The molecule has 2 aromatic rings. The highest BCUT2D eigenvalue weighted by atomic mass is 35.5. The molecule has 1 aromatic carbocycles. The summed E-state index contributed by atoms with van der Waals surface area (Å²) in [5.41, 5.74) is 0.667. The lowest BCUT2D eigenvalue weighted by Gasteiger charge is -2.52. The van der Waals surface area contributed by atoms with Crippen LogP contribution in [-0.4, -0.2) is 58.2 Å². The van der Waals surface area contributed by atoms with Gasteiger partial charge in [-0.25, -0.2) is 9.97 Å². The molecule has 1 unspecified atom stereocenters. The number of aromatic nitrogens is 2. The number of benzene rings is 1. The number of carbonyl (C=O) groups is 1. The Labute approximate surface area is 227 Å². The molecule has 2 aliphatic heterocycles. The standard InChI is InChI=1S/C27H32Cl2N6O2/c1-16(21-6-5-19(28)8-22(21)29)32-24-12-31-23(11-30)25(33-24)35-14-18(15-35)17-4-3-7-34(13-17)20-9-27(2,10-20)26(36)37/h5-6,8,12,16-18,20H,3-4,7,9-10,13-15H2,1-2H3,(H,32,33)(H,36,37)/t16-,17?,20?,27?/m1/s1. The van der Waals surface area contributed by atoms with Crippen LogP contribution in [0.15, 0.2) is 24.4 Å². The number of hydrogen-bond donors (Lipinski definition) is 2. The summed E-state index contributed by atoms with van der Waals surface area (Å²) in [5.74, 6) is 1.64. The molecule has 0 radical (unpaired) electrons. The number of anilines is 2. The van der Waals surface area contributed by atoms with Crippen molar-refractivity contribution in [1.82, 2.24) is 14.9 Å². The SMILES string of the molecule is C[C@@H](Nc1cnc(C#N)c(N2CC(C3CCCN(C4CC(C)(C(=O)O)C4)C3)C2)n1)c1ccc(Cl)cc1Cl. The lowest BCUT2D eigenvalue weighted by molar-refractivity contribution is -0.158. The van der Waals surface area contributed by atoms with Gasteiger partial charge in [0.05, 0.1) is 17.7 Å². The zero-order valence-corrected chi connectivity index (χ0v) is 22.6. The van der Waals surface area contributed by atoms with Gasteiger partial charge in [-0.3, -0.25) is 4.79 Å². The summed E-state index contributed by atoms with van der Waals surface area (Å²) in [4.78, 5) is 25.3. The Hall–Kier alpha value is -2.60. The number of carboxylic acid groups (broad SMARTS) is 1. The zero-order valence-electron chi connectivity index (χ0n) is 21.1. The summed E-state index contributed by atoms with van der Waals surface area (Å²) < 4.78 is 0. The first-order chi connectivity index (χ1) is 17.7. The van der Waals surface area contributed by atoms with Gasteiger partial charge < -0.3 is 20.2 Å². The third-order valence-corrected chi connectivity index (χ3v) is 8.99. The number of nitrogens with zero attached hydrogens (tertiary/aromatic N) is 5. The molecule has 1 aromatic heterocycles. The zero-order chi connectivity index (χ0) is 26.3. The minimum atomic E-state index is -0.677.